The van der Waals surface area contributed by atoms with Crippen LogP contribution in [0.25, 0.3) is 11.2 Å². The summed E-state index contributed by atoms with van der Waals surface area (Å²) in [6.45, 7) is 0.958. The van der Waals surface area contributed by atoms with Crippen LogP contribution in [-0.4, -0.2) is 79.1 Å². The molecule has 1 saturated carbocycles. The Hall–Kier alpha value is -3.29. The fourth-order valence-corrected chi connectivity index (χ4v) is 4.44. The molecule has 0 unspecified atom stereocenters. The summed E-state index contributed by atoms with van der Waals surface area (Å²) in [5.74, 6) is 0.572. The van der Waals surface area contributed by atoms with Crippen LogP contribution < -0.4 is 20.7 Å². The zero-order chi connectivity index (χ0) is 24.3. The lowest BCUT2D eigenvalue weighted by molar-refractivity contribution is 0.242. The SMILES string of the molecule is CNc1nc(Nc2cccc(CS(=O)(=O)NCCN(C)C)c2)nc2c1ncn2C(=O)NC1CC1. The maximum absolute atomic E-state index is 12.6. The number of nitrogens with one attached hydrogen (secondary N) is 4. The molecule has 0 spiro atoms. The molecule has 0 saturated heterocycles. The second-order valence-electron chi connectivity index (χ2n) is 8.44. The lowest BCUT2D eigenvalue weighted by atomic mass is 10.2. The van der Waals surface area contributed by atoms with Crippen LogP contribution in [0.15, 0.2) is 30.6 Å². The lowest BCUT2D eigenvalue weighted by Gasteiger charge is -2.12. The average molecular weight is 488 g/mol. The van der Waals surface area contributed by atoms with Crippen LogP contribution in [0.4, 0.5) is 22.2 Å². The van der Waals surface area contributed by atoms with Crippen molar-refractivity contribution in [2.75, 3.05) is 44.9 Å². The molecule has 0 atom stereocenters. The molecule has 2 aromatic heterocycles. The third kappa shape index (κ3) is 5.98. The third-order valence-electron chi connectivity index (χ3n) is 5.18. The first-order chi connectivity index (χ1) is 16.2. The van der Waals surface area contributed by atoms with Crippen molar-refractivity contribution < 1.29 is 13.2 Å². The summed E-state index contributed by atoms with van der Waals surface area (Å²) < 4.78 is 28.8. The highest BCUT2D eigenvalue weighted by atomic mass is 32.2. The highest BCUT2D eigenvalue weighted by Crippen LogP contribution is 2.24. The number of hydrogen-bond donors (Lipinski definition) is 4. The maximum atomic E-state index is 12.6. The largest absolute Gasteiger partial charge is 0.371 e. The van der Waals surface area contributed by atoms with Gasteiger partial charge in [0.2, 0.25) is 16.0 Å². The van der Waals surface area contributed by atoms with Crippen molar-refractivity contribution in [1.82, 2.24) is 34.5 Å². The summed E-state index contributed by atoms with van der Waals surface area (Å²) in [5.41, 5.74) is 2.08. The Labute approximate surface area is 198 Å². The first-order valence-electron chi connectivity index (χ1n) is 11.0. The monoisotopic (exact) mass is 487 g/mol. The molecule has 4 N–H and O–H groups in total. The van der Waals surface area contributed by atoms with Gasteiger partial charge in [0.1, 0.15) is 6.33 Å². The number of carbonyl (C=O) groups excluding carboxylic acids is 1. The number of hydrogen-bond acceptors (Lipinski definition) is 9. The number of imidazole rings is 1. The molecular formula is C21H29N9O3S. The summed E-state index contributed by atoms with van der Waals surface area (Å²) in [6, 6.07) is 6.94. The average Bonchev–Trinajstić information content (AvgIpc) is 3.47. The predicted molar refractivity (Wildman–Crippen MR) is 131 cm³/mol. The molecule has 0 radical (unpaired) electrons. The van der Waals surface area contributed by atoms with E-state index in [0.29, 0.717) is 41.3 Å². The number of rotatable bonds is 10. The molecule has 12 nitrogen and oxygen atoms in total. The molecule has 1 aliphatic rings. The zero-order valence-corrected chi connectivity index (χ0v) is 20.2. The molecule has 4 rings (SSSR count). The van der Waals surface area contributed by atoms with E-state index in [9.17, 15) is 13.2 Å². The topological polar surface area (TPSA) is 146 Å². The van der Waals surface area contributed by atoms with Crippen LogP contribution in [0.1, 0.15) is 18.4 Å². The number of carbonyl (C=O) groups is 1. The molecule has 0 aliphatic heterocycles. The van der Waals surface area contributed by atoms with E-state index in [4.69, 9.17) is 0 Å². The van der Waals surface area contributed by atoms with E-state index in [1.54, 1.807) is 31.3 Å². The van der Waals surface area contributed by atoms with Gasteiger partial charge in [-0.25, -0.2) is 27.5 Å². The molecule has 182 valence electrons. The predicted octanol–water partition coefficient (Wildman–Crippen LogP) is 1.31. The number of benzene rings is 1. The summed E-state index contributed by atoms with van der Waals surface area (Å²) in [6.07, 6.45) is 3.37. The Kier molecular flexibility index (Phi) is 6.95. The molecule has 2 heterocycles. The summed E-state index contributed by atoms with van der Waals surface area (Å²) in [4.78, 5) is 27.7. The molecule has 34 heavy (non-hydrogen) atoms. The summed E-state index contributed by atoms with van der Waals surface area (Å²) in [7, 11) is 2.01. The van der Waals surface area contributed by atoms with Gasteiger partial charge in [-0.2, -0.15) is 9.97 Å². The van der Waals surface area contributed by atoms with Crippen LogP contribution in [0.2, 0.25) is 0 Å². The second-order valence-corrected chi connectivity index (χ2v) is 10.2. The maximum Gasteiger partial charge on any atom is 0.328 e. The van der Waals surface area contributed by atoms with Crippen LogP contribution in [0.5, 0.6) is 0 Å². The van der Waals surface area contributed by atoms with Crippen molar-refractivity contribution in [3.63, 3.8) is 0 Å². The van der Waals surface area contributed by atoms with E-state index in [1.165, 1.54) is 10.9 Å². The highest BCUT2D eigenvalue weighted by Gasteiger charge is 2.25. The normalized spacial score (nSPS) is 13.9. The Balaban J connectivity index is 1.53. The first kappa shape index (κ1) is 23.9. The summed E-state index contributed by atoms with van der Waals surface area (Å²) >= 11 is 0. The van der Waals surface area contributed by atoms with Gasteiger partial charge in [-0.3, -0.25) is 0 Å². The van der Waals surface area contributed by atoms with Crippen LogP contribution in [0, 0.1) is 0 Å². The Morgan fingerprint density at radius 3 is 2.74 bits per heavy atom. The van der Waals surface area contributed by atoms with E-state index in [-0.39, 0.29) is 23.8 Å². The van der Waals surface area contributed by atoms with Gasteiger partial charge in [0.25, 0.3) is 0 Å². The van der Waals surface area contributed by atoms with Crippen LogP contribution in [-0.2, 0) is 15.8 Å². The number of amides is 1. The van der Waals surface area contributed by atoms with Gasteiger partial charge in [-0.05, 0) is 44.6 Å². The standard InChI is InChI=1S/C21H29N9O3S/c1-22-18-17-19(30(13-23-17)21(31)26-15-7-8-15)28-20(27-18)25-16-6-4-5-14(11-16)12-34(32,33)24-9-10-29(2)3/h4-6,11,13,15,24H,7-10,12H2,1-3H3,(H,26,31)(H2,22,25,27,28). The molecule has 13 heteroatoms. The zero-order valence-electron chi connectivity index (χ0n) is 19.4. The molecule has 3 aromatic rings. The first-order valence-corrected chi connectivity index (χ1v) is 12.6. The third-order valence-corrected chi connectivity index (χ3v) is 6.53. The number of aromatic nitrogens is 4. The molecule has 1 aliphatic carbocycles. The van der Waals surface area contributed by atoms with E-state index >= 15 is 0 Å². The minimum atomic E-state index is -3.47. The molecule has 1 amide bonds. The Bertz CT molecular complexity index is 1290. The number of nitrogens with zero attached hydrogens (tertiary/aromatic N) is 5. The van der Waals surface area contributed by atoms with E-state index in [2.05, 4.69) is 35.6 Å². The molecule has 1 aromatic carbocycles. The van der Waals surface area contributed by atoms with Crippen LogP contribution in [0.3, 0.4) is 0 Å². The van der Waals surface area contributed by atoms with Crippen molar-refractivity contribution in [3.8, 4) is 0 Å². The van der Waals surface area contributed by atoms with Crippen molar-refractivity contribution in [2.24, 2.45) is 0 Å². The minimum Gasteiger partial charge on any atom is -0.371 e. The fourth-order valence-electron chi connectivity index (χ4n) is 3.31. The van der Waals surface area contributed by atoms with Crippen molar-refractivity contribution >= 4 is 44.7 Å². The van der Waals surface area contributed by atoms with Gasteiger partial charge >= 0.3 is 6.03 Å². The summed E-state index contributed by atoms with van der Waals surface area (Å²) in [5, 5.41) is 9.01. The van der Waals surface area contributed by atoms with Gasteiger partial charge in [0.15, 0.2) is 17.0 Å². The van der Waals surface area contributed by atoms with Gasteiger partial charge in [0.05, 0.1) is 5.75 Å². The number of fused-ring (bicyclic) bond motifs is 1. The molecule has 0 bridgehead atoms. The quantitative estimate of drug-likeness (QED) is 0.332. The number of sulfonamides is 1. The number of likely N-dealkylation sites (N-methyl/N-ethyl adjacent to an activating group) is 1. The Morgan fingerprint density at radius 1 is 1.24 bits per heavy atom. The molecule has 1 fully saturated rings. The smallest absolute Gasteiger partial charge is 0.328 e. The van der Waals surface area contributed by atoms with Crippen molar-refractivity contribution in [3.05, 3.63) is 36.2 Å². The van der Waals surface area contributed by atoms with Gasteiger partial charge in [0, 0.05) is 31.9 Å². The lowest BCUT2D eigenvalue weighted by Crippen LogP contribution is -2.32. The Morgan fingerprint density at radius 2 is 2.03 bits per heavy atom. The fraction of sp³-hybridized carbons (Fsp3) is 0.429. The van der Waals surface area contributed by atoms with Gasteiger partial charge < -0.3 is 20.9 Å². The molecular weight excluding hydrogens is 458 g/mol. The number of anilines is 3. The second kappa shape index (κ2) is 9.91. The van der Waals surface area contributed by atoms with Gasteiger partial charge in [-0.1, -0.05) is 12.1 Å². The van der Waals surface area contributed by atoms with E-state index in [1.807, 2.05) is 19.0 Å². The van der Waals surface area contributed by atoms with Crippen molar-refractivity contribution in [1.29, 1.82) is 0 Å². The minimum absolute atomic E-state index is 0.147. The van der Waals surface area contributed by atoms with Crippen LogP contribution >= 0.6 is 0 Å². The van der Waals surface area contributed by atoms with Gasteiger partial charge in [-0.15, -0.1) is 0 Å². The van der Waals surface area contributed by atoms with E-state index in [0.717, 1.165) is 12.8 Å². The van der Waals surface area contributed by atoms with Crippen molar-refractivity contribution in [2.45, 2.75) is 24.6 Å². The van der Waals surface area contributed by atoms with E-state index < -0.39 is 10.0 Å². The highest BCUT2D eigenvalue weighted by molar-refractivity contribution is 7.88.